The molecule has 3 rings (SSSR count). The fraction of sp³-hybridized carbons (Fsp3) is 0.154. The summed E-state index contributed by atoms with van der Waals surface area (Å²) in [7, 11) is 0. The number of amides is 1. The Labute approximate surface area is 143 Å². The molecule has 10 heteroatoms. The number of para-hydroxylation sites is 1. The van der Waals surface area contributed by atoms with Gasteiger partial charge >= 0.3 is 0 Å². The van der Waals surface area contributed by atoms with E-state index in [-0.39, 0.29) is 22.9 Å². The second kappa shape index (κ2) is 6.65. The van der Waals surface area contributed by atoms with Gasteiger partial charge in [-0.25, -0.2) is 0 Å². The second-order valence-electron chi connectivity index (χ2n) is 4.47. The van der Waals surface area contributed by atoms with Crippen molar-refractivity contribution < 1.29 is 4.79 Å². The third kappa shape index (κ3) is 3.52. The Morgan fingerprint density at radius 2 is 2.17 bits per heavy atom. The first kappa shape index (κ1) is 15.9. The molecule has 23 heavy (non-hydrogen) atoms. The van der Waals surface area contributed by atoms with E-state index in [0.717, 1.165) is 0 Å². The van der Waals surface area contributed by atoms with Crippen LogP contribution in [0.2, 0.25) is 5.02 Å². The number of thioether (sulfide) groups is 1. The third-order valence-corrected chi connectivity index (χ3v) is 5.17. The number of aromatic nitrogens is 4. The van der Waals surface area contributed by atoms with Crippen LogP contribution in [0.5, 0.6) is 0 Å². The lowest BCUT2D eigenvalue weighted by Gasteiger charge is -2.05. The summed E-state index contributed by atoms with van der Waals surface area (Å²) >= 11 is 8.41. The van der Waals surface area contributed by atoms with E-state index in [2.05, 4.69) is 20.6 Å². The molecule has 0 aliphatic carbocycles. The molecular weight excluding hydrogens is 358 g/mol. The number of halogens is 1. The molecule has 2 heterocycles. The molecule has 1 N–H and O–H groups in total. The molecule has 0 aliphatic heterocycles. The number of carbonyl (C=O) groups excluding carboxylic acids is 1. The molecule has 0 saturated heterocycles. The van der Waals surface area contributed by atoms with Crippen LogP contribution in [0.1, 0.15) is 5.69 Å². The average Bonchev–Trinajstić information content (AvgIpc) is 2.95. The molecule has 0 saturated carbocycles. The van der Waals surface area contributed by atoms with Crippen LogP contribution in [0.4, 0.5) is 5.69 Å². The monoisotopic (exact) mass is 367 g/mol. The minimum Gasteiger partial charge on any atom is -0.324 e. The summed E-state index contributed by atoms with van der Waals surface area (Å²) in [4.78, 5) is 24.2. The van der Waals surface area contributed by atoms with Crippen molar-refractivity contribution in [2.75, 3.05) is 11.1 Å². The van der Waals surface area contributed by atoms with Crippen molar-refractivity contribution in [1.82, 2.24) is 19.8 Å². The molecule has 0 bridgehead atoms. The Bertz CT molecular complexity index is 940. The second-order valence-corrected chi connectivity index (χ2v) is 7.06. The van der Waals surface area contributed by atoms with Gasteiger partial charge in [-0.05, 0) is 19.1 Å². The van der Waals surface area contributed by atoms with Crippen LogP contribution < -0.4 is 10.9 Å². The van der Waals surface area contributed by atoms with Crippen molar-refractivity contribution >= 4 is 51.3 Å². The molecule has 0 atom stereocenters. The molecular formula is C13H10ClN5O2S2. The molecule has 7 nitrogen and oxygen atoms in total. The van der Waals surface area contributed by atoms with E-state index in [1.807, 2.05) is 0 Å². The summed E-state index contributed by atoms with van der Waals surface area (Å²) in [6.45, 7) is 1.57. The van der Waals surface area contributed by atoms with Gasteiger partial charge in [0.15, 0.2) is 4.34 Å². The van der Waals surface area contributed by atoms with Crippen LogP contribution in [0, 0.1) is 6.92 Å². The number of carbonyl (C=O) groups is 1. The van der Waals surface area contributed by atoms with Crippen LogP contribution >= 0.6 is 34.7 Å². The van der Waals surface area contributed by atoms with Crippen LogP contribution in [0.15, 0.2) is 33.4 Å². The zero-order chi connectivity index (χ0) is 16.4. The van der Waals surface area contributed by atoms with E-state index in [0.29, 0.717) is 20.0 Å². The van der Waals surface area contributed by atoms with Crippen LogP contribution in [-0.4, -0.2) is 31.5 Å². The van der Waals surface area contributed by atoms with Crippen molar-refractivity contribution in [2.24, 2.45) is 0 Å². The highest BCUT2D eigenvalue weighted by Gasteiger charge is 2.12. The molecule has 0 aliphatic rings. The van der Waals surface area contributed by atoms with E-state index >= 15 is 0 Å². The van der Waals surface area contributed by atoms with Gasteiger partial charge in [0, 0.05) is 0 Å². The zero-order valence-electron chi connectivity index (χ0n) is 11.8. The lowest BCUT2D eigenvalue weighted by Crippen LogP contribution is -2.19. The molecule has 0 fully saturated rings. The molecule has 118 valence electrons. The molecule has 2 aromatic heterocycles. The topological polar surface area (TPSA) is 89.2 Å². The number of nitrogens with one attached hydrogen (secondary N) is 1. The van der Waals surface area contributed by atoms with Gasteiger partial charge in [0.05, 0.1) is 16.5 Å². The van der Waals surface area contributed by atoms with Crippen LogP contribution in [0.3, 0.4) is 0 Å². The van der Waals surface area contributed by atoms with E-state index in [1.54, 1.807) is 31.2 Å². The lowest BCUT2D eigenvalue weighted by atomic mass is 10.3. The first-order chi connectivity index (χ1) is 11.0. The van der Waals surface area contributed by atoms with Crippen molar-refractivity contribution in [3.63, 3.8) is 0 Å². The van der Waals surface area contributed by atoms with E-state index < -0.39 is 0 Å². The van der Waals surface area contributed by atoms with Gasteiger partial charge in [0.25, 0.3) is 5.56 Å². The third-order valence-electron chi connectivity index (χ3n) is 2.80. The van der Waals surface area contributed by atoms with E-state index in [9.17, 15) is 9.59 Å². The van der Waals surface area contributed by atoms with Gasteiger partial charge in [-0.15, -0.1) is 15.3 Å². The Hall–Kier alpha value is -1.97. The normalized spacial score (nSPS) is 10.9. The largest absolute Gasteiger partial charge is 0.324 e. The van der Waals surface area contributed by atoms with Crippen LogP contribution in [0.25, 0.3) is 4.96 Å². The summed E-state index contributed by atoms with van der Waals surface area (Å²) in [5, 5.41) is 15.0. The Morgan fingerprint density at radius 1 is 1.39 bits per heavy atom. The average molecular weight is 368 g/mol. The highest BCUT2D eigenvalue weighted by atomic mass is 35.5. The number of hydrogen-bond acceptors (Lipinski definition) is 7. The Kier molecular flexibility index (Phi) is 4.60. The van der Waals surface area contributed by atoms with Gasteiger partial charge in [0.2, 0.25) is 10.9 Å². The van der Waals surface area contributed by atoms with Gasteiger partial charge in [-0.3, -0.25) is 9.59 Å². The predicted octanol–water partition coefficient (Wildman–Crippen LogP) is 2.24. The predicted molar refractivity (Wildman–Crippen MR) is 90.5 cm³/mol. The maximum absolute atomic E-state index is 12.0. The summed E-state index contributed by atoms with van der Waals surface area (Å²) in [6.07, 6.45) is 0. The summed E-state index contributed by atoms with van der Waals surface area (Å²) in [5.41, 5.74) is 0.529. The number of rotatable bonds is 4. The first-order valence-electron chi connectivity index (χ1n) is 6.45. The minimum absolute atomic E-state index is 0.145. The molecule has 0 unspecified atom stereocenters. The summed E-state index contributed by atoms with van der Waals surface area (Å²) < 4.78 is 1.76. The molecule has 1 amide bonds. The van der Waals surface area contributed by atoms with Gasteiger partial charge in [0.1, 0.15) is 5.69 Å². The summed E-state index contributed by atoms with van der Waals surface area (Å²) in [5.74, 6) is -0.0661. The number of aryl methyl sites for hydroxylation is 1. The quantitative estimate of drug-likeness (QED) is 0.711. The van der Waals surface area contributed by atoms with Gasteiger partial charge in [-0.1, -0.05) is 46.8 Å². The fourth-order valence-corrected chi connectivity index (χ4v) is 3.57. The maximum Gasteiger partial charge on any atom is 0.296 e. The summed E-state index contributed by atoms with van der Waals surface area (Å²) in [6, 6.07) is 7.00. The standard InChI is InChI=1S/C13H10ClN5O2S2/c1-7-11(21)19-12(17-16-7)23-13(18-19)22-6-10(20)15-9-5-3-2-4-8(9)14/h2-5H,6H2,1H3,(H,15,20). The number of nitrogens with zero attached hydrogens (tertiary/aromatic N) is 4. The molecule has 0 radical (unpaired) electrons. The Morgan fingerprint density at radius 3 is 2.96 bits per heavy atom. The smallest absolute Gasteiger partial charge is 0.296 e. The molecule has 0 spiro atoms. The number of hydrogen-bond donors (Lipinski definition) is 1. The lowest BCUT2D eigenvalue weighted by molar-refractivity contribution is -0.113. The van der Waals surface area contributed by atoms with Crippen molar-refractivity contribution in [2.45, 2.75) is 11.3 Å². The maximum atomic E-state index is 12.0. The van der Waals surface area contributed by atoms with E-state index in [1.165, 1.54) is 27.6 Å². The van der Waals surface area contributed by atoms with E-state index in [4.69, 9.17) is 11.6 Å². The highest BCUT2D eigenvalue weighted by Crippen LogP contribution is 2.24. The Balaban J connectivity index is 1.69. The van der Waals surface area contributed by atoms with Crippen molar-refractivity contribution in [3.8, 4) is 0 Å². The number of benzene rings is 1. The van der Waals surface area contributed by atoms with Crippen LogP contribution in [-0.2, 0) is 4.79 Å². The van der Waals surface area contributed by atoms with Crippen molar-refractivity contribution in [1.29, 1.82) is 0 Å². The highest BCUT2D eigenvalue weighted by molar-refractivity contribution is 8.01. The molecule has 3 aromatic rings. The SMILES string of the molecule is Cc1nnc2sc(SCC(=O)Nc3ccccc3Cl)nn2c1=O. The van der Waals surface area contributed by atoms with Crippen molar-refractivity contribution in [3.05, 3.63) is 45.3 Å². The first-order valence-corrected chi connectivity index (χ1v) is 8.63. The van der Waals surface area contributed by atoms with Gasteiger partial charge < -0.3 is 5.32 Å². The molecule has 1 aromatic carbocycles. The zero-order valence-corrected chi connectivity index (χ0v) is 14.2. The minimum atomic E-state index is -0.307. The fourth-order valence-electron chi connectivity index (χ4n) is 1.71. The number of anilines is 1. The number of fused-ring (bicyclic) bond motifs is 1. The van der Waals surface area contributed by atoms with Gasteiger partial charge in [-0.2, -0.15) is 4.52 Å².